The Kier molecular flexibility index (Phi) is 7.69. The fourth-order valence-electron chi connectivity index (χ4n) is 1.52. The van der Waals surface area contributed by atoms with Crippen molar-refractivity contribution >= 4 is 11.7 Å². The molecule has 0 aliphatic rings. The third kappa shape index (κ3) is 5.76. The van der Waals surface area contributed by atoms with Crippen molar-refractivity contribution in [3.8, 4) is 0 Å². The fraction of sp³-hybridized carbons (Fsp3) is 0.818. The number of Topliss-reactive ketones (excluding diaryl/α,β-unsaturated/α-hetero) is 1. The van der Waals surface area contributed by atoms with Gasteiger partial charge in [0, 0.05) is 38.5 Å². The Bertz CT molecular complexity index is 250. The molecule has 6 nitrogen and oxygen atoms in total. The van der Waals surface area contributed by atoms with Crippen LogP contribution in [0.3, 0.4) is 0 Å². The number of amides is 1. The molecule has 0 fully saturated rings. The Hall–Kier alpha value is -0.980. The quantitative estimate of drug-likeness (QED) is 0.489. The lowest BCUT2D eigenvalue weighted by Crippen LogP contribution is -2.44. The van der Waals surface area contributed by atoms with E-state index >= 15 is 0 Å². The van der Waals surface area contributed by atoms with E-state index in [9.17, 15) is 9.59 Å². The molecule has 0 radical (unpaired) electrons. The van der Waals surface area contributed by atoms with Gasteiger partial charge in [0.25, 0.3) is 0 Å². The van der Waals surface area contributed by atoms with E-state index in [0.717, 1.165) is 0 Å². The van der Waals surface area contributed by atoms with E-state index in [-0.39, 0.29) is 24.0 Å². The summed E-state index contributed by atoms with van der Waals surface area (Å²) < 4.78 is 0. The predicted molar refractivity (Wildman–Crippen MR) is 67.1 cm³/mol. The van der Waals surface area contributed by atoms with Gasteiger partial charge < -0.3 is 22.1 Å². The van der Waals surface area contributed by atoms with Crippen molar-refractivity contribution in [3.05, 3.63) is 0 Å². The summed E-state index contributed by atoms with van der Waals surface area (Å²) in [6.45, 7) is 5.17. The van der Waals surface area contributed by atoms with Gasteiger partial charge in [-0.3, -0.25) is 9.59 Å². The van der Waals surface area contributed by atoms with Crippen molar-refractivity contribution in [2.45, 2.75) is 26.3 Å². The fourth-order valence-corrected chi connectivity index (χ4v) is 1.52. The Labute approximate surface area is 102 Å². The highest BCUT2D eigenvalue weighted by atomic mass is 16.2. The lowest BCUT2D eigenvalue weighted by Gasteiger charge is -2.23. The molecule has 6 heteroatoms. The minimum absolute atomic E-state index is 0.0248. The molecule has 1 atom stereocenters. The number of nitrogens with zero attached hydrogens (tertiary/aromatic N) is 1. The topological polar surface area (TPSA) is 115 Å². The van der Waals surface area contributed by atoms with Crippen molar-refractivity contribution in [3.63, 3.8) is 0 Å². The summed E-state index contributed by atoms with van der Waals surface area (Å²) in [7, 11) is 0. The third-order valence-corrected chi connectivity index (χ3v) is 2.48. The average molecular weight is 244 g/mol. The average Bonchev–Trinajstić information content (AvgIpc) is 2.27. The molecule has 0 aliphatic heterocycles. The molecule has 0 heterocycles. The van der Waals surface area contributed by atoms with Crippen LogP contribution in [0.15, 0.2) is 0 Å². The summed E-state index contributed by atoms with van der Waals surface area (Å²) in [4.78, 5) is 25.0. The molecule has 0 saturated carbocycles. The van der Waals surface area contributed by atoms with Crippen LogP contribution in [0.5, 0.6) is 0 Å². The maximum absolute atomic E-state index is 11.8. The van der Waals surface area contributed by atoms with Gasteiger partial charge in [-0.15, -0.1) is 0 Å². The highest BCUT2D eigenvalue weighted by molar-refractivity contribution is 5.90. The first-order chi connectivity index (χ1) is 7.93. The lowest BCUT2D eigenvalue weighted by atomic mass is 9.99. The third-order valence-electron chi connectivity index (χ3n) is 2.48. The molecule has 0 rings (SSSR count). The van der Waals surface area contributed by atoms with E-state index in [0.29, 0.717) is 26.2 Å². The van der Waals surface area contributed by atoms with Gasteiger partial charge >= 0.3 is 0 Å². The summed E-state index contributed by atoms with van der Waals surface area (Å²) in [6.07, 6.45) is 0.0248. The molecule has 0 aromatic heterocycles. The molecule has 100 valence electrons. The predicted octanol–water partition coefficient (Wildman–Crippen LogP) is -1.33. The number of nitrogens with two attached hydrogens (primary N) is 3. The van der Waals surface area contributed by atoms with Crippen LogP contribution in [0.25, 0.3) is 0 Å². The van der Waals surface area contributed by atoms with E-state index in [2.05, 4.69) is 0 Å². The second kappa shape index (κ2) is 8.16. The largest absolute Gasteiger partial charge is 0.340 e. The Morgan fingerprint density at radius 1 is 1.12 bits per heavy atom. The first-order valence-electron chi connectivity index (χ1n) is 5.91. The number of carbonyl (C=O) groups excluding carboxylic acids is 2. The van der Waals surface area contributed by atoms with Gasteiger partial charge in [-0.25, -0.2) is 0 Å². The van der Waals surface area contributed by atoms with E-state index in [1.165, 1.54) is 0 Å². The Morgan fingerprint density at radius 2 is 1.59 bits per heavy atom. The molecule has 0 bridgehead atoms. The van der Waals surface area contributed by atoms with Crippen LogP contribution in [0, 0.1) is 5.92 Å². The van der Waals surface area contributed by atoms with Crippen LogP contribution in [0.2, 0.25) is 0 Å². The summed E-state index contributed by atoms with van der Waals surface area (Å²) >= 11 is 0. The van der Waals surface area contributed by atoms with Crippen LogP contribution >= 0.6 is 0 Å². The number of hydrogen-bond donors (Lipinski definition) is 3. The Morgan fingerprint density at radius 3 is 1.94 bits per heavy atom. The van der Waals surface area contributed by atoms with Gasteiger partial charge in [0.2, 0.25) is 5.91 Å². The molecular formula is C11H24N4O2. The molecule has 0 aromatic rings. The van der Waals surface area contributed by atoms with Gasteiger partial charge in [-0.05, 0) is 0 Å². The van der Waals surface area contributed by atoms with Crippen LogP contribution in [-0.4, -0.2) is 48.8 Å². The second-order valence-electron chi connectivity index (χ2n) is 4.33. The normalized spacial score (nSPS) is 12.6. The summed E-state index contributed by atoms with van der Waals surface area (Å²) in [5.74, 6) is -0.420. The van der Waals surface area contributed by atoms with Crippen LogP contribution in [0.1, 0.15) is 20.3 Å². The van der Waals surface area contributed by atoms with Crippen molar-refractivity contribution in [1.82, 2.24) is 4.90 Å². The minimum Gasteiger partial charge on any atom is -0.340 e. The molecular weight excluding hydrogens is 220 g/mol. The number of ketones is 1. The monoisotopic (exact) mass is 244 g/mol. The van der Waals surface area contributed by atoms with Crippen LogP contribution in [0.4, 0.5) is 0 Å². The molecule has 1 amide bonds. The zero-order chi connectivity index (χ0) is 13.4. The molecule has 6 N–H and O–H groups in total. The van der Waals surface area contributed by atoms with Gasteiger partial charge in [0.05, 0.1) is 6.04 Å². The summed E-state index contributed by atoms with van der Waals surface area (Å²) in [5.41, 5.74) is 16.5. The summed E-state index contributed by atoms with van der Waals surface area (Å²) in [6, 6.07) is -0.736. The SMILES string of the molecule is CC(C)C(=O)C(N)CC(=O)N(CCN)CCN. The van der Waals surface area contributed by atoms with Crippen molar-refractivity contribution in [2.75, 3.05) is 26.2 Å². The Balaban J connectivity index is 4.33. The first-order valence-corrected chi connectivity index (χ1v) is 5.91. The zero-order valence-corrected chi connectivity index (χ0v) is 10.7. The maximum atomic E-state index is 11.8. The van der Waals surface area contributed by atoms with Crippen molar-refractivity contribution < 1.29 is 9.59 Å². The second-order valence-corrected chi connectivity index (χ2v) is 4.33. The number of carbonyl (C=O) groups is 2. The molecule has 0 spiro atoms. The number of hydrogen-bond acceptors (Lipinski definition) is 5. The van der Waals surface area contributed by atoms with E-state index in [1.54, 1.807) is 18.7 Å². The molecule has 17 heavy (non-hydrogen) atoms. The molecule has 0 aromatic carbocycles. The lowest BCUT2D eigenvalue weighted by molar-refractivity contribution is -0.134. The van der Waals surface area contributed by atoms with Gasteiger partial charge in [0.1, 0.15) is 0 Å². The van der Waals surface area contributed by atoms with Crippen LogP contribution in [-0.2, 0) is 9.59 Å². The molecule has 0 saturated heterocycles. The van der Waals surface area contributed by atoms with E-state index in [4.69, 9.17) is 17.2 Å². The molecule has 1 unspecified atom stereocenters. The van der Waals surface area contributed by atoms with Crippen molar-refractivity contribution in [1.29, 1.82) is 0 Å². The van der Waals surface area contributed by atoms with E-state index in [1.807, 2.05) is 0 Å². The standard InChI is InChI=1S/C11H24N4O2/c1-8(2)11(17)9(14)7-10(16)15(5-3-12)6-4-13/h8-9H,3-7,12-14H2,1-2H3. The van der Waals surface area contributed by atoms with Crippen LogP contribution < -0.4 is 17.2 Å². The maximum Gasteiger partial charge on any atom is 0.224 e. The molecule has 0 aliphatic carbocycles. The highest BCUT2D eigenvalue weighted by Gasteiger charge is 2.22. The number of rotatable bonds is 8. The van der Waals surface area contributed by atoms with E-state index < -0.39 is 6.04 Å². The first kappa shape index (κ1) is 16.0. The van der Waals surface area contributed by atoms with Gasteiger partial charge in [0.15, 0.2) is 5.78 Å². The smallest absolute Gasteiger partial charge is 0.224 e. The van der Waals surface area contributed by atoms with Crippen molar-refractivity contribution in [2.24, 2.45) is 23.1 Å². The summed E-state index contributed by atoms with van der Waals surface area (Å²) in [5, 5.41) is 0. The van der Waals surface area contributed by atoms with Gasteiger partial charge in [-0.1, -0.05) is 13.8 Å². The zero-order valence-electron chi connectivity index (χ0n) is 10.7. The highest BCUT2D eigenvalue weighted by Crippen LogP contribution is 2.04. The van der Waals surface area contributed by atoms with Gasteiger partial charge in [-0.2, -0.15) is 0 Å². The minimum atomic E-state index is -0.736.